The summed E-state index contributed by atoms with van der Waals surface area (Å²) in [6, 6.07) is 10.3. The number of ether oxygens (including phenoxy) is 1. The van der Waals surface area contributed by atoms with Crippen molar-refractivity contribution in [3.8, 4) is 5.75 Å². The van der Waals surface area contributed by atoms with E-state index in [1.807, 2.05) is 0 Å². The molecule has 21 heavy (non-hydrogen) atoms. The van der Waals surface area contributed by atoms with Crippen molar-refractivity contribution in [1.29, 1.82) is 0 Å². The summed E-state index contributed by atoms with van der Waals surface area (Å²) in [6.07, 6.45) is 0.323. The summed E-state index contributed by atoms with van der Waals surface area (Å²) in [4.78, 5) is 0. The van der Waals surface area contributed by atoms with E-state index >= 15 is 0 Å². The second-order valence-electron chi connectivity index (χ2n) is 4.44. The molecule has 0 atom stereocenters. The number of amidine groups is 1. The van der Waals surface area contributed by atoms with Crippen molar-refractivity contribution in [1.82, 2.24) is 0 Å². The SMILES string of the molecule is NC(Cc1ccc(OCc2ccc(F)cc2F)cc1)=NO. The van der Waals surface area contributed by atoms with E-state index in [-0.39, 0.29) is 18.0 Å². The highest BCUT2D eigenvalue weighted by Crippen LogP contribution is 2.16. The van der Waals surface area contributed by atoms with Gasteiger partial charge in [-0.25, -0.2) is 8.78 Å². The lowest BCUT2D eigenvalue weighted by Gasteiger charge is -2.08. The Morgan fingerprint density at radius 2 is 1.86 bits per heavy atom. The van der Waals surface area contributed by atoms with Gasteiger partial charge in [0, 0.05) is 18.1 Å². The predicted molar refractivity (Wildman–Crippen MR) is 74.2 cm³/mol. The van der Waals surface area contributed by atoms with Crippen molar-refractivity contribution in [2.45, 2.75) is 13.0 Å². The number of nitrogens with two attached hydrogens (primary N) is 1. The van der Waals surface area contributed by atoms with Crippen molar-refractivity contribution in [3.05, 3.63) is 65.2 Å². The summed E-state index contributed by atoms with van der Waals surface area (Å²) in [6.45, 7) is 0.00565. The molecule has 2 rings (SSSR count). The van der Waals surface area contributed by atoms with Gasteiger partial charge in [-0.05, 0) is 29.8 Å². The standard InChI is InChI=1S/C15H14F2N2O2/c16-12-4-3-11(14(17)8-12)9-21-13-5-1-10(2-6-13)7-15(18)19-20/h1-6,8,20H,7,9H2,(H2,18,19). The maximum atomic E-state index is 13.4. The monoisotopic (exact) mass is 292 g/mol. The van der Waals surface area contributed by atoms with Crippen LogP contribution in [0.1, 0.15) is 11.1 Å². The first kappa shape index (κ1) is 14.8. The molecule has 0 saturated carbocycles. The van der Waals surface area contributed by atoms with Crippen LogP contribution in [0.3, 0.4) is 0 Å². The van der Waals surface area contributed by atoms with Gasteiger partial charge in [0.2, 0.25) is 0 Å². The third kappa shape index (κ3) is 4.17. The van der Waals surface area contributed by atoms with Crippen LogP contribution in [0.4, 0.5) is 8.78 Å². The molecule has 6 heteroatoms. The third-order valence-corrected chi connectivity index (χ3v) is 2.85. The van der Waals surface area contributed by atoms with Crippen LogP contribution in [0.25, 0.3) is 0 Å². The zero-order valence-corrected chi connectivity index (χ0v) is 11.1. The Morgan fingerprint density at radius 3 is 2.48 bits per heavy atom. The van der Waals surface area contributed by atoms with Crippen molar-refractivity contribution in [3.63, 3.8) is 0 Å². The number of hydrogen-bond donors (Lipinski definition) is 2. The summed E-state index contributed by atoms with van der Waals surface area (Å²) in [5.41, 5.74) is 6.53. The lowest BCUT2D eigenvalue weighted by Crippen LogP contribution is -2.14. The van der Waals surface area contributed by atoms with Crippen molar-refractivity contribution >= 4 is 5.84 Å². The molecule has 0 unspecified atom stereocenters. The van der Waals surface area contributed by atoms with Gasteiger partial charge in [-0.3, -0.25) is 0 Å². The van der Waals surface area contributed by atoms with Gasteiger partial charge in [0.05, 0.1) is 0 Å². The molecule has 0 radical (unpaired) electrons. The fourth-order valence-corrected chi connectivity index (χ4v) is 1.75. The lowest BCUT2D eigenvalue weighted by atomic mass is 10.1. The summed E-state index contributed by atoms with van der Waals surface area (Å²) >= 11 is 0. The Bertz CT molecular complexity index is 643. The number of nitrogens with zero attached hydrogens (tertiary/aromatic N) is 1. The first-order chi connectivity index (χ1) is 10.1. The van der Waals surface area contributed by atoms with Crippen LogP contribution in [0.15, 0.2) is 47.6 Å². The molecule has 0 aliphatic carbocycles. The quantitative estimate of drug-likeness (QED) is 0.385. The van der Waals surface area contributed by atoms with Gasteiger partial charge < -0.3 is 15.7 Å². The van der Waals surface area contributed by atoms with Crippen LogP contribution < -0.4 is 10.5 Å². The summed E-state index contributed by atoms with van der Waals surface area (Å²) < 4.78 is 31.6. The van der Waals surface area contributed by atoms with Crippen molar-refractivity contribution < 1.29 is 18.7 Å². The van der Waals surface area contributed by atoms with Crippen molar-refractivity contribution in [2.24, 2.45) is 10.9 Å². The van der Waals surface area contributed by atoms with Gasteiger partial charge in [0.1, 0.15) is 29.8 Å². The third-order valence-electron chi connectivity index (χ3n) is 2.85. The first-order valence-electron chi connectivity index (χ1n) is 6.20. The lowest BCUT2D eigenvalue weighted by molar-refractivity contribution is 0.299. The Hall–Kier alpha value is -2.63. The minimum atomic E-state index is -0.640. The molecule has 0 spiro atoms. The maximum Gasteiger partial charge on any atom is 0.143 e. The van der Waals surface area contributed by atoms with Gasteiger partial charge in [0.15, 0.2) is 0 Å². The van der Waals surface area contributed by atoms with Gasteiger partial charge >= 0.3 is 0 Å². The highest BCUT2D eigenvalue weighted by atomic mass is 19.1. The molecule has 2 aromatic rings. The fraction of sp³-hybridized carbons (Fsp3) is 0.133. The van der Waals surface area contributed by atoms with E-state index in [9.17, 15) is 8.78 Å². The normalized spacial score (nSPS) is 11.4. The second-order valence-corrected chi connectivity index (χ2v) is 4.44. The molecule has 4 nitrogen and oxygen atoms in total. The van der Waals surface area contributed by atoms with Crippen molar-refractivity contribution in [2.75, 3.05) is 0 Å². The van der Waals surface area contributed by atoms with E-state index in [1.165, 1.54) is 12.1 Å². The van der Waals surface area contributed by atoms with E-state index in [0.717, 1.165) is 11.6 Å². The van der Waals surface area contributed by atoms with Gasteiger partial charge in [-0.15, -0.1) is 0 Å². The number of halogens is 2. The molecule has 0 heterocycles. The Labute approximate surface area is 120 Å². The molecule has 110 valence electrons. The second kappa shape index (κ2) is 6.69. The fourth-order valence-electron chi connectivity index (χ4n) is 1.75. The molecule has 3 N–H and O–H groups in total. The zero-order valence-electron chi connectivity index (χ0n) is 11.1. The van der Waals surface area contributed by atoms with Crippen LogP contribution in [-0.2, 0) is 13.0 Å². The first-order valence-corrected chi connectivity index (χ1v) is 6.20. The van der Waals surface area contributed by atoms with Gasteiger partial charge in [-0.2, -0.15) is 0 Å². The number of benzene rings is 2. The summed E-state index contributed by atoms with van der Waals surface area (Å²) in [5.74, 6) is -0.610. The molecule has 0 aliphatic heterocycles. The summed E-state index contributed by atoms with van der Waals surface area (Å²) in [7, 11) is 0. The van der Waals surface area contributed by atoms with Crippen LogP contribution in [0.2, 0.25) is 0 Å². The average Bonchev–Trinajstić information content (AvgIpc) is 2.48. The highest BCUT2D eigenvalue weighted by Gasteiger charge is 2.05. The molecule has 0 aromatic heterocycles. The molecule has 0 aliphatic rings. The Morgan fingerprint density at radius 1 is 1.14 bits per heavy atom. The largest absolute Gasteiger partial charge is 0.489 e. The van der Waals surface area contributed by atoms with E-state index in [4.69, 9.17) is 15.7 Å². The minimum Gasteiger partial charge on any atom is -0.489 e. The van der Waals surface area contributed by atoms with Crippen LogP contribution >= 0.6 is 0 Å². The van der Waals surface area contributed by atoms with E-state index in [2.05, 4.69) is 5.16 Å². The smallest absolute Gasteiger partial charge is 0.143 e. The summed E-state index contributed by atoms with van der Waals surface area (Å²) in [5, 5.41) is 11.4. The highest BCUT2D eigenvalue weighted by molar-refractivity contribution is 5.82. The van der Waals surface area contributed by atoms with E-state index in [0.29, 0.717) is 12.2 Å². The number of hydrogen-bond acceptors (Lipinski definition) is 3. The Balaban J connectivity index is 1.97. The number of rotatable bonds is 5. The molecule has 0 amide bonds. The molecular weight excluding hydrogens is 278 g/mol. The minimum absolute atomic E-state index is 0.00565. The molecule has 0 fully saturated rings. The zero-order chi connectivity index (χ0) is 15.2. The van der Waals surface area contributed by atoms with Gasteiger partial charge in [0.25, 0.3) is 0 Å². The molecular formula is C15H14F2N2O2. The van der Waals surface area contributed by atoms with Crippen LogP contribution in [0, 0.1) is 11.6 Å². The Kier molecular flexibility index (Phi) is 4.71. The van der Waals surface area contributed by atoms with E-state index in [1.54, 1.807) is 24.3 Å². The van der Waals surface area contributed by atoms with Crippen LogP contribution in [0.5, 0.6) is 5.75 Å². The maximum absolute atomic E-state index is 13.4. The van der Waals surface area contributed by atoms with Gasteiger partial charge in [-0.1, -0.05) is 17.3 Å². The topological polar surface area (TPSA) is 67.8 Å². The molecule has 0 saturated heterocycles. The van der Waals surface area contributed by atoms with E-state index < -0.39 is 11.6 Å². The predicted octanol–water partition coefficient (Wildman–Crippen LogP) is 2.83. The number of oxime groups is 1. The van der Waals surface area contributed by atoms with Crippen LogP contribution in [-0.4, -0.2) is 11.0 Å². The molecule has 2 aromatic carbocycles. The molecule has 0 bridgehead atoms. The average molecular weight is 292 g/mol.